The summed E-state index contributed by atoms with van der Waals surface area (Å²) in [4.78, 5) is 16.4. The van der Waals surface area contributed by atoms with Crippen molar-refractivity contribution in [3.8, 4) is 0 Å². The molecule has 88 valence electrons. The minimum absolute atomic E-state index is 0.0141. The van der Waals surface area contributed by atoms with E-state index in [1.54, 1.807) is 6.20 Å². The first-order valence-electron chi connectivity index (χ1n) is 5.79. The zero-order chi connectivity index (χ0) is 11.8. The Morgan fingerprint density at radius 2 is 2.50 bits per heavy atom. The molecule has 1 aliphatic carbocycles. The third kappa shape index (κ3) is 1.78. The van der Waals surface area contributed by atoms with Crippen LogP contribution in [0.1, 0.15) is 32.0 Å². The molecule has 0 amide bonds. The highest BCUT2D eigenvalue weighted by Crippen LogP contribution is 2.38. The number of hydrogen-bond acceptors (Lipinski definition) is 3. The van der Waals surface area contributed by atoms with E-state index in [4.69, 9.17) is 5.73 Å². The third-order valence-electron chi connectivity index (χ3n) is 3.91. The van der Waals surface area contributed by atoms with Crippen LogP contribution in [0.3, 0.4) is 0 Å². The van der Waals surface area contributed by atoms with Crippen molar-refractivity contribution in [1.82, 2.24) is 9.55 Å². The van der Waals surface area contributed by atoms with Gasteiger partial charge in [0.1, 0.15) is 11.6 Å². The number of aryl methyl sites for hydroxylation is 1. The minimum Gasteiger partial charge on any atom is -0.338 e. The number of ketones is 1. The molecule has 16 heavy (non-hydrogen) atoms. The van der Waals surface area contributed by atoms with Gasteiger partial charge < -0.3 is 10.3 Å². The van der Waals surface area contributed by atoms with E-state index >= 15 is 0 Å². The van der Waals surface area contributed by atoms with E-state index in [-0.39, 0.29) is 17.2 Å². The first-order valence-corrected chi connectivity index (χ1v) is 5.79. The molecule has 2 atom stereocenters. The summed E-state index contributed by atoms with van der Waals surface area (Å²) in [5.74, 6) is 1.05. The lowest BCUT2D eigenvalue weighted by Crippen LogP contribution is -2.42. The quantitative estimate of drug-likeness (QED) is 0.830. The number of Topliss-reactive ketones (excluding diaryl/α,β-unsaturated/α-hetero) is 1. The number of nitrogens with two attached hydrogens (primary N) is 1. The van der Waals surface area contributed by atoms with Crippen LogP contribution in [0.15, 0.2) is 12.4 Å². The fraction of sp³-hybridized carbons (Fsp3) is 0.667. The Kier molecular flexibility index (Phi) is 2.84. The molecule has 1 fully saturated rings. The van der Waals surface area contributed by atoms with Gasteiger partial charge in [-0.15, -0.1) is 0 Å². The van der Waals surface area contributed by atoms with Crippen LogP contribution in [0, 0.1) is 5.41 Å². The number of aromatic nitrogens is 2. The van der Waals surface area contributed by atoms with Gasteiger partial charge in [0.15, 0.2) is 0 Å². The van der Waals surface area contributed by atoms with Crippen molar-refractivity contribution in [3.63, 3.8) is 0 Å². The minimum atomic E-state index is -0.341. The second-order valence-electron chi connectivity index (χ2n) is 4.97. The average molecular weight is 221 g/mol. The van der Waals surface area contributed by atoms with Crippen molar-refractivity contribution in [2.24, 2.45) is 18.2 Å². The summed E-state index contributed by atoms with van der Waals surface area (Å²) in [6.07, 6.45) is 6.91. The van der Waals surface area contributed by atoms with Gasteiger partial charge in [0.05, 0.1) is 6.42 Å². The van der Waals surface area contributed by atoms with Crippen LogP contribution in [-0.4, -0.2) is 21.4 Å². The summed E-state index contributed by atoms with van der Waals surface area (Å²) in [7, 11) is 1.91. The summed E-state index contributed by atoms with van der Waals surface area (Å²) in [6, 6.07) is 0.0141. The van der Waals surface area contributed by atoms with Crippen molar-refractivity contribution in [1.29, 1.82) is 0 Å². The van der Waals surface area contributed by atoms with Gasteiger partial charge >= 0.3 is 0 Å². The van der Waals surface area contributed by atoms with E-state index in [9.17, 15) is 4.79 Å². The number of carbonyl (C=O) groups excluding carboxylic acids is 1. The number of carbonyl (C=O) groups is 1. The molecule has 0 saturated heterocycles. The Hall–Kier alpha value is -1.16. The maximum Gasteiger partial charge on any atom is 0.147 e. The topological polar surface area (TPSA) is 60.9 Å². The van der Waals surface area contributed by atoms with E-state index in [0.29, 0.717) is 6.42 Å². The molecule has 1 heterocycles. The molecule has 0 aromatic carbocycles. The van der Waals surface area contributed by atoms with Gasteiger partial charge in [-0.2, -0.15) is 0 Å². The normalized spacial score (nSPS) is 29.6. The summed E-state index contributed by atoms with van der Waals surface area (Å²) < 4.78 is 1.89. The molecule has 1 aliphatic rings. The molecule has 0 aliphatic heterocycles. The molecule has 0 radical (unpaired) electrons. The third-order valence-corrected chi connectivity index (χ3v) is 3.91. The van der Waals surface area contributed by atoms with Crippen LogP contribution < -0.4 is 5.73 Å². The van der Waals surface area contributed by atoms with E-state index in [0.717, 1.165) is 25.1 Å². The molecular weight excluding hydrogens is 202 g/mol. The Morgan fingerprint density at radius 3 is 3.00 bits per heavy atom. The molecule has 0 spiro atoms. The summed E-state index contributed by atoms with van der Waals surface area (Å²) >= 11 is 0. The maximum atomic E-state index is 12.3. The van der Waals surface area contributed by atoms with Gasteiger partial charge in [-0.3, -0.25) is 4.79 Å². The lowest BCUT2D eigenvalue weighted by molar-refractivity contribution is -0.127. The van der Waals surface area contributed by atoms with E-state index in [2.05, 4.69) is 4.98 Å². The summed E-state index contributed by atoms with van der Waals surface area (Å²) in [5.41, 5.74) is 5.69. The van der Waals surface area contributed by atoms with Crippen molar-refractivity contribution >= 4 is 5.78 Å². The van der Waals surface area contributed by atoms with Gasteiger partial charge in [-0.1, -0.05) is 13.3 Å². The largest absolute Gasteiger partial charge is 0.338 e. The SMILES string of the molecule is Cn1ccnc1CC(=O)C1(C)CCCC1N. The molecule has 0 bridgehead atoms. The van der Waals surface area contributed by atoms with Crippen LogP contribution in [0.4, 0.5) is 0 Å². The number of nitrogens with zero attached hydrogens (tertiary/aromatic N) is 2. The zero-order valence-electron chi connectivity index (χ0n) is 9.94. The van der Waals surface area contributed by atoms with E-state index in [1.807, 2.05) is 24.7 Å². The van der Waals surface area contributed by atoms with Crippen molar-refractivity contribution < 1.29 is 4.79 Å². The van der Waals surface area contributed by atoms with E-state index in [1.165, 1.54) is 0 Å². The Morgan fingerprint density at radius 1 is 1.75 bits per heavy atom. The average Bonchev–Trinajstić information content (AvgIpc) is 2.77. The molecule has 4 heteroatoms. The van der Waals surface area contributed by atoms with Crippen molar-refractivity contribution in [2.45, 2.75) is 38.6 Å². The highest BCUT2D eigenvalue weighted by molar-refractivity contribution is 5.87. The Labute approximate surface area is 95.9 Å². The Balaban J connectivity index is 2.11. The van der Waals surface area contributed by atoms with Crippen LogP contribution in [0.2, 0.25) is 0 Å². The lowest BCUT2D eigenvalue weighted by Gasteiger charge is -2.27. The monoisotopic (exact) mass is 221 g/mol. The molecule has 2 unspecified atom stereocenters. The van der Waals surface area contributed by atoms with Crippen LogP contribution in [0.5, 0.6) is 0 Å². The van der Waals surface area contributed by atoms with Crippen LogP contribution in [-0.2, 0) is 18.3 Å². The van der Waals surface area contributed by atoms with Crippen LogP contribution >= 0.6 is 0 Å². The smallest absolute Gasteiger partial charge is 0.147 e. The maximum absolute atomic E-state index is 12.3. The molecular formula is C12H19N3O. The molecule has 4 nitrogen and oxygen atoms in total. The van der Waals surface area contributed by atoms with Gasteiger partial charge in [0.2, 0.25) is 0 Å². The van der Waals surface area contributed by atoms with Crippen LogP contribution in [0.25, 0.3) is 0 Å². The first kappa shape index (κ1) is 11.3. The number of rotatable bonds is 3. The molecule has 1 aromatic heterocycles. The Bertz CT molecular complexity index is 399. The van der Waals surface area contributed by atoms with Crippen molar-refractivity contribution in [2.75, 3.05) is 0 Å². The van der Waals surface area contributed by atoms with E-state index < -0.39 is 0 Å². The number of hydrogen-bond donors (Lipinski definition) is 1. The highest BCUT2D eigenvalue weighted by atomic mass is 16.1. The first-order chi connectivity index (χ1) is 7.54. The lowest BCUT2D eigenvalue weighted by atomic mass is 9.79. The second kappa shape index (κ2) is 4.01. The summed E-state index contributed by atoms with van der Waals surface area (Å²) in [5, 5.41) is 0. The predicted molar refractivity (Wildman–Crippen MR) is 61.9 cm³/mol. The van der Waals surface area contributed by atoms with Gasteiger partial charge in [-0.05, 0) is 12.8 Å². The molecule has 2 N–H and O–H groups in total. The fourth-order valence-electron chi connectivity index (χ4n) is 2.45. The molecule has 1 saturated carbocycles. The van der Waals surface area contributed by atoms with Crippen molar-refractivity contribution in [3.05, 3.63) is 18.2 Å². The standard InChI is InChI=1S/C12H19N3O/c1-12(5-3-4-9(12)13)10(16)8-11-14-6-7-15(11)2/h6-7,9H,3-5,8,13H2,1-2H3. The fourth-order valence-corrected chi connectivity index (χ4v) is 2.45. The van der Waals surface area contributed by atoms with Gasteiger partial charge in [-0.25, -0.2) is 4.98 Å². The molecule has 2 rings (SSSR count). The number of imidazole rings is 1. The van der Waals surface area contributed by atoms with Gasteiger partial charge in [0.25, 0.3) is 0 Å². The second-order valence-corrected chi connectivity index (χ2v) is 4.97. The summed E-state index contributed by atoms with van der Waals surface area (Å²) in [6.45, 7) is 2.00. The van der Waals surface area contributed by atoms with Gasteiger partial charge in [0, 0.05) is 30.9 Å². The zero-order valence-corrected chi connectivity index (χ0v) is 9.94. The predicted octanol–water partition coefficient (Wildman–Crippen LogP) is 1.05. The molecule has 1 aromatic rings. The highest BCUT2D eigenvalue weighted by Gasteiger charge is 2.42.